The molecule has 0 aliphatic rings. The van der Waals surface area contributed by atoms with Gasteiger partial charge in [-0.05, 0) is 25.1 Å². The van der Waals surface area contributed by atoms with E-state index in [1.165, 1.54) is 0 Å². The zero-order chi connectivity index (χ0) is 13.9. The Balaban J connectivity index is 2.30. The van der Waals surface area contributed by atoms with Gasteiger partial charge in [-0.1, -0.05) is 12.1 Å². The van der Waals surface area contributed by atoms with E-state index < -0.39 is 12.6 Å². The first-order valence-electron chi connectivity index (χ1n) is 5.95. The molecule has 0 saturated carbocycles. The molecule has 1 atom stereocenters. The second-order valence-corrected chi connectivity index (χ2v) is 4.27. The number of aromatic nitrogens is 2. The van der Waals surface area contributed by atoms with E-state index in [2.05, 4.69) is 15.3 Å². The van der Waals surface area contributed by atoms with Crippen molar-refractivity contribution in [2.24, 2.45) is 0 Å². The normalized spacial score (nSPS) is 13.7. The number of rotatable bonds is 4. The van der Waals surface area contributed by atoms with Gasteiger partial charge in [-0.3, -0.25) is 9.97 Å². The van der Waals surface area contributed by atoms with Gasteiger partial charge in [0.15, 0.2) is 0 Å². The lowest BCUT2D eigenvalue weighted by Gasteiger charge is -2.18. The van der Waals surface area contributed by atoms with Crippen molar-refractivity contribution in [3.63, 3.8) is 0 Å². The van der Waals surface area contributed by atoms with E-state index in [0.717, 1.165) is 5.56 Å². The molecule has 1 heterocycles. The predicted octanol–water partition coefficient (Wildman–Crippen LogP) is 3.23. The minimum atomic E-state index is -4.15. The Morgan fingerprint density at radius 3 is 2.63 bits per heavy atom. The maximum atomic E-state index is 12.3. The molecule has 2 aromatic rings. The van der Waals surface area contributed by atoms with E-state index in [9.17, 15) is 13.2 Å². The lowest BCUT2D eigenvalue weighted by atomic mass is 10.0. The lowest BCUT2D eigenvalue weighted by Crippen LogP contribution is -2.20. The molecule has 6 heteroatoms. The van der Waals surface area contributed by atoms with Crippen molar-refractivity contribution in [2.45, 2.75) is 25.1 Å². The molecular formula is C13H14F3N3. The summed E-state index contributed by atoms with van der Waals surface area (Å²) in [7, 11) is 1.65. The number of nitrogens with one attached hydrogen (secondary N) is 1. The second kappa shape index (κ2) is 5.52. The van der Waals surface area contributed by atoms with Crippen molar-refractivity contribution in [1.82, 2.24) is 15.3 Å². The summed E-state index contributed by atoms with van der Waals surface area (Å²) in [4.78, 5) is 8.37. The fourth-order valence-corrected chi connectivity index (χ4v) is 2.06. The van der Waals surface area contributed by atoms with Crippen molar-refractivity contribution in [2.75, 3.05) is 7.05 Å². The van der Waals surface area contributed by atoms with Gasteiger partial charge in [0, 0.05) is 24.9 Å². The number of nitrogens with zero attached hydrogens (tertiary/aromatic N) is 2. The van der Waals surface area contributed by atoms with Crippen molar-refractivity contribution >= 4 is 11.0 Å². The van der Waals surface area contributed by atoms with Gasteiger partial charge >= 0.3 is 6.18 Å². The van der Waals surface area contributed by atoms with Crippen LogP contribution in [0.4, 0.5) is 13.2 Å². The summed E-state index contributed by atoms with van der Waals surface area (Å²) in [5.41, 5.74) is 2.08. The molecule has 0 spiro atoms. The van der Waals surface area contributed by atoms with E-state index in [-0.39, 0.29) is 12.5 Å². The van der Waals surface area contributed by atoms with E-state index >= 15 is 0 Å². The van der Waals surface area contributed by atoms with Gasteiger partial charge < -0.3 is 5.32 Å². The molecule has 19 heavy (non-hydrogen) atoms. The molecule has 0 fully saturated rings. The monoisotopic (exact) mass is 269 g/mol. The number of hydrogen-bond acceptors (Lipinski definition) is 3. The molecule has 102 valence electrons. The summed E-state index contributed by atoms with van der Waals surface area (Å²) in [5.74, 6) is 0. The third-order valence-corrected chi connectivity index (χ3v) is 2.97. The first-order chi connectivity index (χ1) is 9.01. The van der Waals surface area contributed by atoms with Crippen molar-refractivity contribution in [3.8, 4) is 0 Å². The second-order valence-electron chi connectivity index (χ2n) is 4.27. The van der Waals surface area contributed by atoms with E-state index in [1.54, 1.807) is 37.6 Å². The van der Waals surface area contributed by atoms with Gasteiger partial charge in [-0.15, -0.1) is 0 Å². The topological polar surface area (TPSA) is 37.8 Å². The van der Waals surface area contributed by atoms with Crippen LogP contribution in [-0.4, -0.2) is 23.2 Å². The smallest absolute Gasteiger partial charge is 0.313 e. The number of benzene rings is 1. The van der Waals surface area contributed by atoms with Gasteiger partial charge in [0.1, 0.15) is 0 Å². The summed E-state index contributed by atoms with van der Waals surface area (Å²) in [6, 6.07) is 4.98. The van der Waals surface area contributed by atoms with Crippen molar-refractivity contribution < 1.29 is 13.2 Å². The Morgan fingerprint density at radius 2 is 1.95 bits per heavy atom. The quantitative estimate of drug-likeness (QED) is 0.926. The van der Waals surface area contributed by atoms with Crippen LogP contribution in [0.25, 0.3) is 11.0 Å². The Hall–Kier alpha value is -1.69. The van der Waals surface area contributed by atoms with Crippen LogP contribution in [-0.2, 0) is 0 Å². The molecule has 0 bridgehead atoms. The molecule has 0 saturated heterocycles. The van der Waals surface area contributed by atoms with Crippen LogP contribution in [0.1, 0.15) is 24.4 Å². The summed E-state index contributed by atoms with van der Waals surface area (Å²) in [6.07, 6.45) is -1.88. The predicted molar refractivity (Wildman–Crippen MR) is 66.6 cm³/mol. The van der Waals surface area contributed by atoms with Crippen LogP contribution in [0, 0.1) is 0 Å². The number of fused-ring (bicyclic) bond motifs is 1. The largest absolute Gasteiger partial charge is 0.389 e. The first kappa shape index (κ1) is 13.7. The molecule has 1 aromatic heterocycles. The Bertz CT molecular complexity index is 549. The third-order valence-electron chi connectivity index (χ3n) is 2.97. The highest BCUT2D eigenvalue weighted by atomic mass is 19.4. The van der Waals surface area contributed by atoms with Gasteiger partial charge in [0.05, 0.1) is 11.0 Å². The zero-order valence-corrected chi connectivity index (χ0v) is 10.4. The number of para-hydroxylation sites is 1. The standard InChI is InChI=1S/C13H14F3N3/c1-17-10(5-6-13(14,15)16)9-3-2-4-11-12(9)19-8-7-18-11/h2-4,7-8,10,17H,5-6H2,1H3. The fraction of sp³-hybridized carbons (Fsp3) is 0.385. The molecule has 0 aliphatic heterocycles. The van der Waals surface area contributed by atoms with Crippen LogP contribution in [0.5, 0.6) is 0 Å². The molecule has 0 amide bonds. The Labute approximate surface area is 108 Å². The maximum Gasteiger partial charge on any atom is 0.389 e. The highest BCUT2D eigenvalue weighted by Crippen LogP contribution is 2.29. The van der Waals surface area contributed by atoms with Crippen LogP contribution < -0.4 is 5.32 Å². The molecule has 1 aromatic carbocycles. The van der Waals surface area contributed by atoms with E-state index in [1.807, 2.05) is 0 Å². The molecule has 2 rings (SSSR count). The summed E-state index contributed by atoms with van der Waals surface area (Å²) < 4.78 is 37.0. The number of hydrogen-bond donors (Lipinski definition) is 1. The molecule has 0 radical (unpaired) electrons. The Kier molecular flexibility index (Phi) is 3.99. The SMILES string of the molecule is CNC(CCC(F)(F)F)c1cccc2nccnc12. The van der Waals surface area contributed by atoms with Crippen molar-refractivity contribution in [3.05, 3.63) is 36.2 Å². The highest BCUT2D eigenvalue weighted by molar-refractivity contribution is 5.78. The fourth-order valence-electron chi connectivity index (χ4n) is 2.06. The number of alkyl halides is 3. The Morgan fingerprint density at radius 1 is 1.21 bits per heavy atom. The summed E-state index contributed by atoms with van der Waals surface area (Å²) >= 11 is 0. The number of halogens is 3. The minimum absolute atomic E-state index is 0.0182. The zero-order valence-electron chi connectivity index (χ0n) is 10.4. The van der Waals surface area contributed by atoms with Gasteiger partial charge in [-0.2, -0.15) is 13.2 Å². The highest BCUT2D eigenvalue weighted by Gasteiger charge is 2.28. The van der Waals surface area contributed by atoms with Crippen LogP contribution in [0.3, 0.4) is 0 Å². The van der Waals surface area contributed by atoms with Gasteiger partial charge in [0.2, 0.25) is 0 Å². The maximum absolute atomic E-state index is 12.3. The van der Waals surface area contributed by atoms with E-state index in [4.69, 9.17) is 0 Å². The van der Waals surface area contributed by atoms with Gasteiger partial charge in [0.25, 0.3) is 0 Å². The lowest BCUT2D eigenvalue weighted by molar-refractivity contribution is -0.136. The summed E-state index contributed by atoms with van der Waals surface area (Å²) in [6.45, 7) is 0. The van der Waals surface area contributed by atoms with Crippen LogP contribution in [0.15, 0.2) is 30.6 Å². The molecule has 1 unspecified atom stereocenters. The first-order valence-corrected chi connectivity index (χ1v) is 5.95. The van der Waals surface area contributed by atoms with E-state index in [0.29, 0.717) is 11.0 Å². The third kappa shape index (κ3) is 3.41. The average molecular weight is 269 g/mol. The molecule has 1 N–H and O–H groups in total. The summed E-state index contributed by atoms with van der Waals surface area (Å²) in [5, 5.41) is 2.92. The van der Waals surface area contributed by atoms with Gasteiger partial charge in [-0.25, -0.2) is 0 Å². The molecular weight excluding hydrogens is 255 g/mol. The van der Waals surface area contributed by atoms with Crippen molar-refractivity contribution in [1.29, 1.82) is 0 Å². The molecule has 0 aliphatic carbocycles. The van der Waals surface area contributed by atoms with Crippen LogP contribution >= 0.6 is 0 Å². The molecule has 3 nitrogen and oxygen atoms in total. The van der Waals surface area contributed by atoms with Crippen LogP contribution in [0.2, 0.25) is 0 Å². The minimum Gasteiger partial charge on any atom is -0.313 e. The average Bonchev–Trinajstić information content (AvgIpc) is 2.38.